The quantitative estimate of drug-likeness (QED) is 0.617. The molecule has 0 bridgehead atoms. The number of thioether (sulfide) groups is 1. The molecule has 1 spiro atoms. The second-order valence-corrected chi connectivity index (χ2v) is 7.57. The summed E-state index contributed by atoms with van der Waals surface area (Å²) in [7, 11) is 0. The number of imide groups is 1. The molecule has 9 heteroatoms. The van der Waals surface area contributed by atoms with Gasteiger partial charge in [0, 0.05) is 4.90 Å². The SMILES string of the molecule is O=C(CSc1ccc(F)c(Cl)c1)NN1C(=O)NC2(CCCCC2)C1=O. The highest BCUT2D eigenvalue weighted by Crippen LogP contribution is 2.33. The summed E-state index contributed by atoms with van der Waals surface area (Å²) in [6.07, 6.45) is 3.96. The molecule has 1 saturated carbocycles. The summed E-state index contributed by atoms with van der Waals surface area (Å²) in [4.78, 5) is 37.3. The van der Waals surface area contributed by atoms with Crippen LogP contribution in [0, 0.1) is 5.82 Å². The number of benzene rings is 1. The van der Waals surface area contributed by atoms with E-state index in [4.69, 9.17) is 11.6 Å². The lowest BCUT2D eigenvalue weighted by Gasteiger charge is -2.30. The fourth-order valence-electron chi connectivity index (χ4n) is 3.09. The first kappa shape index (κ1) is 18.0. The molecule has 1 saturated heterocycles. The second kappa shape index (κ2) is 7.21. The standard InChI is InChI=1S/C16H17ClFN3O3S/c17-11-8-10(4-5-12(11)18)25-9-13(22)20-21-14(23)16(19-15(21)24)6-2-1-3-7-16/h4-5,8H,1-3,6-7,9H2,(H,19,24)(H,20,22). The highest BCUT2D eigenvalue weighted by atomic mass is 35.5. The van der Waals surface area contributed by atoms with Gasteiger partial charge in [-0.25, -0.2) is 9.18 Å². The molecule has 0 aromatic heterocycles. The van der Waals surface area contributed by atoms with Gasteiger partial charge in [-0.3, -0.25) is 15.0 Å². The van der Waals surface area contributed by atoms with E-state index in [9.17, 15) is 18.8 Å². The normalized spacial score (nSPS) is 19.2. The number of nitrogens with zero attached hydrogens (tertiary/aromatic N) is 1. The average Bonchev–Trinajstić information content (AvgIpc) is 2.81. The predicted molar refractivity (Wildman–Crippen MR) is 91.5 cm³/mol. The van der Waals surface area contributed by atoms with Crippen LogP contribution in [0.1, 0.15) is 32.1 Å². The van der Waals surface area contributed by atoms with Crippen LogP contribution in [0.5, 0.6) is 0 Å². The Labute approximate surface area is 153 Å². The number of rotatable bonds is 4. The van der Waals surface area contributed by atoms with Gasteiger partial charge >= 0.3 is 6.03 Å². The number of amides is 4. The van der Waals surface area contributed by atoms with Crippen LogP contribution < -0.4 is 10.7 Å². The smallest absolute Gasteiger partial charge is 0.322 e. The summed E-state index contributed by atoms with van der Waals surface area (Å²) in [6, 6.07) is 3.53. The minimum Gasteiger partial charge on any atom is -0.322 e. The Hall–Kier alpha value is -1.80. The Morgan fingerprint density at radius 3 is 2.72 bits per heavy atom. The van der Waals surface area contributed by atoms with Crippen LogP contribution in [-0.4, -0.2) is 34.1 Å². The summed E-state index contributed by atoms with van der Waals surface area (Å²) in [5.41, 5.74) is 1.48. The van der Waals surface area contributed by atoms with Crippen LogP contribution in [0.2, 0.25) is 5.02 Å². The summed E-state index contributed by atoms with van der Waals surface area (Å²) in [5.74, 6) is -1.47. The molecule has 2 aliphatic rings. The minimum atomic E-state index is -0.875. The van der Waals surface area contributed by atoms with Gasteiger partial charge in [-0.05, 0) is 31.0 Å². The van der Waals surface area contributed by atoms with Gasteiger partial charge in [0.15, 0.2) is 0 Å². The fraction of sp³-hybridized carbons (Fsp3) is 0.438. The third-order valence-electron chi connectivity index (χ3n) is 4.37. The van der Waals surface area contributed by atoms with Gasteiger partial charge in [-0.2, -0.15) is 5.01 Å². The summed E-state index contributed by atoms with van der Waals surface area (Å²) in [5, 5.41) is 3.46. The molecule has 0 unspecified atom stereocenters. The molecule has 1 heterocycles. The molecule has 134 valence electrons. The molecule has 3 rings (SSSR count). The second-order valence-electron chi connectivity index (χ2n) is 6.11. The van der Waals surface area contributed by atoms with Crippen molar-refractivity contribution in [2.24, 2.45) is 0 Å². The monoisotopic (exact) mass is 385 g/mol. The Balaban J connectivity index is 1.58. The Bertz CT molecular complexity index is 725. The van der Waals surface area contributed by atoms with Gasteiger partial charge in [0.2, 0.25) is 5.91 Å². The number of hydrogen-bond acceptors (Lipinski definition) is 4. The lowest BCUT2D eigenvalue weighted by atomic mass is 9.82. The maximum absolute atomic E-state index is 13.1. The molecule has 1 aromatic rings. The van der Waals surface area contributed by atoms with Crippen molar-refractivity contribution in [3.05, 3.63) is 29.0 Å². The van der Waals surface area contributed by atoms with Crippen LogP contribution >= 0.6 is 23.4 Å². The first-order valence-electron chi connectivity index (χ1n) is 7.95. The van der Waals surface area contributed by atoms with Crippen molar-refractivity contribution in [3.63, 3.8) is 0 Å². The molecule has 0 atom stereocenters. The van der Waals surface area contributed by atoms with Crippen LogP contribution in [0.4, 0.5) is 9.18 Å². The van der Waals surface area contributed by atoms with Crippen LogP contribution in [0.3, 0.4) is 0 Å². The molecule has 6 nitrogen and oxygen atoms in total. The molecule has 2 N–H and O–H groups in total. The molecular formula is C16H17ClFN3O3S. The highest BCUT2D eigenvalue weighted by Gasteiger charge is 2.52. The van der Waals surface area contributed by atoms with E-state index >= 15 is 0 Å². The summed E-state index contributed by atoms with van der Waals surface area (Å²) in [6.45, 7) is 0. The zero-order chi connectivity index (χ0) is 18.0. The Kier molecular flexibility index (Phi) is 5.19. The Morgan fingerprint density at radius 2 is 2.04 bits per heavy atom. The maximum Gasteiger partial charge on any atom is 0.344 e. The zero-order valence-electron chi connectivity index (χ0n) is 13.3. The van der Waals surface area contributed by atoms with Crippen molar-refractivity contribution in [1.29, 1.82) is 0 Å². The van der Waals surface area contributed by atoms with Crippen molar-refractivity contribution in [2.75, 3.05) is 5.75 Å². The van der Waals surface area contributed by atoms with Gasteiger partial charge in [0.05, 0.1) is 10.8 Å². The van der Waals surface area contributed by atoms with E-state index in [1.807, 2.05) is 0 Å². The van der Waals surface area contributed by atoms with E-state index in [0.717, 1.165) is 36.0 Å². The zero-order valence-corrected chi connectivity index (χ0v) is 14.9. The number of carbonyl (C=O) groups is 3. The Morgan fingerprint density at radius 1 is 1.32 bits per heavy atom. The molecule has 0 radical (unpaired) electrons. The maximum atomic E-state index is 13.1. The number of carbonyl (C=O) groups excluding carboxylic acids is 3. The van der Waals surface area contributed by atoms with Crippen molar-refractivity contribution >= 4 is 41.2 Å². The fourth-order valence-corrected chi connectivity index (χ4v) is 4.06. The lowest BCUT2D eigenvalue weighted by Crippen LogP contribution is -2.51. The topological polar surface area (TPSA) is 78.5 Å². The predicted octanol–water partition coefficient (Wildman–Crippen LogP) is 2.86. The summed E-state index contributed by atoms with van der Waals surface area (Å²) >= 11 is 6.82. The van der Waals surface area contributed by atoms with Crippen molar-refractivity contribution in [2.45, 2.75) is 42.5 Å². The van der Waals surface area contributed by atoms with E-state index in [0.29, 0.717) is 17.7 Å². The van der Waals surface area contributed by atoms with E-state index in [2.05, 4.69) is 10.7 Å². The lowest BCUT2D eigenvalue weighted by molar-refractivity contribution is -0.139. The van der Waals surface area contributed by atoms with Gasteiger partial charge in [-0.15, -0.1) is 11.8 Å². The van der Waals surface area contributed by atoms with Crippen molar-refractivity contribution < 1.29 is 18.8 Å². The van der Waals surface area contributed by atoms with Gasteiger partial charge in [-0.1, -0.05) is 30.9 Å². The van der Waals surface area contributed by atoms with E-state index in [1.165, 1.54) is 18.2 Å². The molecule has 25 heavy (non-hydrogen) atoms. The average molecular weight is 386 g/mol. The molecule has 1 aliphatic carbocycles. The molecule has 2 fully saturated rings. The van der Waals surface area contributed by atoms with E-state index in [-0.39, 0.29) is 10.8 Å². The largest absolute Gasteiger partial charge is 0.344 e. The van der Waals surface area contributed by atoms with Crippen LogP contribution in [-0.2, 0) is 9.59 Å². The van der Waals surface area contributed by atoms with E-state index < -0.39 is 29.2 Å². The summed E-state index contributed by atoms with van der Waals surface area (Å²) < 4.78 is 13.1. The van der Waals surface area contributed by atoms with Crippen LogP contribution in [0.15, 0.2) is 23.1 Å². The number of halogens is 2. The van der Waals surface area contributed by atoms with Gasteiger partial charge < -0.3 is 5.32 Å². The third kappa shape index (κ3) is 3.74. The highest BCUT2D eigenvalue weighted by molar-refractivity contribution is 8.00. The molecular weight excluding hydrogens is 369 g/mol. The number of urea groups is 1. The van der Waals surface area contributed by atoms with Gasteiger partial charge in [0.25, 0.3) is 5.91 Å². The number of hydrogen-bond donors (Lipinski definition) is 2. The van der Waals surface area contributed by atoms with E-state index in [1.54, 1.807) is 0 Å². The van der Waals surface area contributed by atoms with Crippen molar-refractivity contribution in [1.82, 2.24) is 15.8 Å². The number of hydrazine groups is 1. The third-order valence-corrected chi connectivity index (χ3v) is 5.65. The van der Waals surface area contributed by atoms with Crippen LogP contribution in [0.25, 0.3) is 0 Å². The molecule has 1 aliphatic heterocycles. The first-order chi connectivity index (χ1) is 11.9. The molecule has 4 amide bonds. The van der Waals surface area contributed by atoms with Gasteiger partial charge in [0.1, 0.15) is 11.4 Å². The number of nitrogens with one attached hydrogen (secondary N) is 2. The molecule has 1 aromatic carbocycles. The first-order valence-corrected chi connectivity index (χ1v) is 9.32. The van der Waals surface area contributed by atoms with Crippen molar-refractivity contribution in [3.8, 4) is 0 Å². The minimum absolute atomic E-state index is 0.0289.